The number of hydrogen-bond acceptors (Lipinski definition) is 4. The Balaban J connectivity index is 0.00000392. The van der Waals surface area contributed by atoms with Gasteiger partial charge in [0.15, 0.2) is 5.96 Å². The maximum absolute atomic E-state index is 10.2. The predicted octanol–water partition coefficient (Wildman–Crippen LogP) is 2.78. The van der Waals surface area contributed by atoms with Crippen molar-refractivity contribution in [3.63, 3.8) is 0 Å². The maximum Gasteiger partial charge on any atom is 0.191 e. The zero-order valence-corrected chi connectivity index (χ0v) is 19.8. The number of halogens is 1. The van der Waals surface area contributed by atoms with Crippen molar-refractivity contribution >= 4 is 29.9 Å². The van der Waals surface area contributed by atoms with Crippen LogP contribution < -0.4 is 10.6 Å². The zero-order valence-electron chi connectivity index (χ0n) is 17.4. The lowest BCUT2D eigenvalue weighted by atomic mass is 10.1. The van der Waals surface area contributed by atoms with E-state index in [9.17, 15) is 5.11 Å². The van der Waals surface area contributed by atoms with E-state index in [0.717, 1.165) is 50.7 Å². The third kappa shape index (κ3) is 9.54. The highest BCUT2D eigenvalue weighted by Gasteiger charge is 2.21. The molecule has 0 radical (unpaired) electrons. The van der Waals surface area contributed by atoms with Crippen molar-refractivity contribution in [1.82, 2.24) is 15.5 Å². The fourth-order valence-electron chi connectivity index (χ4n) is 3.46. The van der Waals surface area contributed by atoms with Crippen molar-refractivity contribution in [3.05, 3.63) is 35.9 Å². The molecule has 3 atom stereocenters. The van der Waals surface area contributed by atoms with Crippen LogP contribution >= 0.6 is 24.0 Å². The van der Waals surface area contributed by atoms with Crippen molar-refractivity contribution in [3.8, 4) is 0 Å². The standard InChI is InChI=1S/C21H36N4O2.HI/c1-4-22-21(24-13-11-20(26)19-9-6-5-7-10-19)23-12-8-14-25-15-17(2)27-18(3)16-25;/h5-7,9-10,17-18,20,26H,4,8,11-16H2,1-3H3,(H2,22,23,24);1H. The summed E-state index contributed by atoms with van der Waals surface area (Å²) < 4.78 is 5.78. The van der Waals surface area contributed by atoms with E-state index in [0.29, 0.717) is 25.2 Å². The lowest BCUT2D eigenvalue weighted by Gasteiger charge is -2.35. The van der Waals surface area contributed by atoms with E-state index in [2.05, 4.69) is 41.3 Å². The van der Waals surface area contributed by atoms with E-state index < -0.39 is 6.10 Å². The van der Waals surface area contributed by atoms with Gasteiger partial charge in [-0.1, -0.05) is 30.3 Å². The number of aliphatic hydroxyl groups excluding tert-OH is 1. The average Bonchev–Trinajstić information content (AvgIpc) is 2.65. The van der Waals surface area contributed by atoms with Gasteiger partial charge >= 0.3 is 0 Å². The molecule has 0 bridgehead atoms. The Kier molecular flexibility index (Phi) is 12.7. The molecule has 1 heterocycles. The van der Waals surface area contributed by atoms with Gasteiger partial charge in [0.2, 0.25) is 0 Å². The molecule has 0 aliphatic carbocycles. The van der Waals surface area contributed by atoms with E-state index >= 15 is 0 Å². The number of aliphatic imine (C=N–C) groups is 1. The molecule has 1 aliphatic rings. The SMILES string of the molecule is CCNC(=NCCCN1CC(C)OC(C)C1)NCCC(O)c1ccccc1.I. The van der Waals surface area contributed by atoms with Crippen molar-refractivity contribution in [2.24, 2.45) is 4.99 Å². The van der Waals surface area contributed by atoms with Crippen LogP contribution in [-0.4, -0.2) is 67.4 Å². The van der Waals surface area contributed by atoms with Gasteiger partial charge in [0.05, 0.1) is 18.3 Å². The Labute approximate surface area is 187 Å². The molecule has 0 aromatic heterocycles. The lowest BCUT2D eigenvalue weighted by Crippen LogP contribution is -2.45. The maximum atomic E-state index is 10.2. The number of benzene rings is 1. The summed E-state index contributed by atoms with van der Waals surface area (Å²) in [5.41, 5.74) is 0.954. The molecule has 28 heavy (non-hydrogen) atoms. The summed E-state index contributed by atoms with van der Waals surface area (Å²) in [6, 6.07) is 9.78. The summed E-state index contributed by atoms with van der Waals surface area (Å²) in [4.78, 5) is 7.12. The fourth-order valence-corrected chi connectivity index (χ4v) is 3.46. The molecule has 6 nitrogen and oxygen atoms in total. The molecule has 7 heteroatoms. The minimum Gasteiger partial charge on any atom is -0.388 e. The molecule has 3 N–H and O–H groups in total. The molecule has 1 aromatic carbocycles. The molecule has 2 rings (SSSR count). The smallest absolute Gasteiger partial charge is 0.191 e. The number of guanidine groups is 1. The summed E-state index contributed by atoms with van der Waals surface area (Å²) in [5.74, 6) is 0.821. The molecule has 1 fully saturated rings. The molecule has 160 valence electrons. The molecule has 0 saturated carbocycles. The third-order valence-corrected chi connectivity index (χ3v) is 4.64. The van der Waals surface area contributed by atoms with Crippen molar-refractivity contribution in [2.75, 3.05) is 39.3 Å². The monoisotopic (exact) mass is 504 g/mol. The number of nitrogens with zero attached hydrogens (tertiary/aromatic N) is 2. The van der Waals surface area contributed by atoms with Gasteiger partial charge in [-0.3, -0.25) is 9.89 Å². The summed E-state index contributed by atoms with van der Waals surface area (Å²) in [5, 5.41) is 16.8. The number of morpholine rings is 1. The Hall–Kier alpha value is -0.900. The first-order valence-corrected chi connectivity index (χ1v) is 10.2. The van der Waals surface area contributed by atoms with Crippen molar-refractivity contribution < 1.29 is 9.84 Å². The van der Waals surface area contributed by atoms with Crippen LogP contribution in [0.2, 0.25) is 0 Å². The zero-order chi connectivity index (χ0) is 19.5. The number of hydrogen-bond donors (Lipinski definition) is 3. The van der Waals surface area contributed by atoms with Gasteiger partial charge in [-0.2, -0.15) is 0 Å². The molecule has 0 spiro atoms. The molecular weight excluding hydrogens is 467 g/mol. The number of rotatable bonds is 9. The quantitative estimate of drug-likeness (QED) is 0.209. The van der Waals surface area contributed by atoms with E-state index in [1.165, 1.54) is 0 Å². The predicted molar refractivity (Wildman–Crippen MR) is 126 cm³/mol. The van der Waals surface area contributed by atoms with Gasteiger partial charge in [0.1, 0.15) is 0 Å². The molecule has 1 aliphatic heterocycles. The van der Waals surface area contributed by atoms with Crippen LogP contribution in [0.3, 0.4) is 0 Å². The van der Waals surface area contributed by atoms with Gasteiger partial charge in [0, 0.05) is 39.3 Å². The average molecular weight is 504 g/mol. The van der Waals surface area contributed by atoms with Crippen molar-refractivity contribution in [2.45, 2.75) is 51.9 Å². The Morgan fingerprint density at radius 1 is 1.21 bits per heavy atom. The van der Waals surface area contributed by atoms with Crippen LogP contribution in [0, 0.1) is 0 Å². The number of ether oxygens (including phenoxy) is 1. The molecule has 0 amide bonds. The minimum absolute atomic E-state index is 0. The minimum atomic E-state index is -0.452. The molecule has 1 aromatic rings. The first-order chi connectivity index (χ1) is 13.1. The topological polar surface area (TPSA) is 69.1 Å². The second-order valence-corrected chi connectivity index (χ2v) is 7.27. The van der Waals surface area contributed by atoms with Crippen LogP contribution in [0.1, 0.15) is 45.3 Å². The Bertz CT molecular complexity index is 549. The van der Waals surface area contributed by atoms with Gasteiger partial charge in [-0.25, -0.2) is 0 Å². The van der Waals surface area contributed by atoms with E-state index in [-0.39, 0.29) is 24.0 Å². The summed E-state index contributed by atoms with van der Waals surface area (Å²) in [6.45, 7) is 11.7. The summed E-state index contributed by atoms with van der Waals surface area (Å²) in [6.07, 6.45) is 1.85. The van der Waals surface area contributed by atoms with Gasteiger partial charge in [-0.05, 0) is 39.2 Å². The number of aliphatic hydroxyl groups is 1. The van der Waals surface area contributed by atoms with Crippen LogP contribution in [0.4, 0.5) is 0 Å². The first-order valence-electron chi connectivity index (χ1n) is 10.2. The Morgan fingerprint density at radius 2 is 1.89 bits per heavy atom. The summed E-state index contributed by atoms with van der Waals surface area (Å²) >= 11 is 0. The van der Waals surface area contributed by atoms with Gasteiger partial charge in [0.25, 0.3) is 0 Å². The molecule has 3 unspecified atom stereocenters. The van der Waals surface area contributed by atoms with Gasteiger partial charge in [-0.15, -0.1) is 24.0 Å². The van der Waals surface area contributed by atoms with Crippen LogP contribution in [0.25, 0.3) is 0 Å². The van der Waals surface area contributed by atoms with Crippen molar-refractivity contribution in [1.29, 1.82) is 0 Å². The van der Waals surface area contributed by atoms with Gasteiger partial charge < -0.3 is 20.5 Å². The normalized spacial score (nSPS) is 21.6. The second-order valence-electron chi connectivity index (χ2n) is 7.27. The highest BCUT2D eigenvalue weighted by Crippen LogP contribution is 2.14. The fraction of sp³-hybridized carbons (Fsp3) is 0.667. The molecular formula is C21H37IN4O2. The lowest BCUT2D eigenvalue weighted by molar-refractivity contribution is -0.0679. The Morgan fingerprint density at radius 3 is 2.54 bits per heavy atom. The largest absolute Gasteiger partial charge is 0.388 e. The first kappa shape index (κ1) is 25.1. The van der Waals surface area contributed by atoms with E-state index in [4.69, 9.17) is 4.74 Å². The summed E-state index contributed by atoms with van der Waals surface area (Å²) in [7, 11) is 0. The van der Waals surface area contributed by atoms with E-state index in [1.807, 2.05) is 30.3 Å². The highest BCUT2D eigenvalue weighted by molar-refractivity contribution is 14.0. The van der Waals surface area contributed by atoms with Crippen LogP contribution in [0.15, 0.2) is 35.3 Å². The second kappa shape index (κ2) is 14.1. The van der Waals surface area contributed by atoms with Crippen LogP contribution in [-0.2, 0) is 4.74 Å². The van der Waals surface area contributed by atoms with E-state index in [1.54, 1.807) is 0 Å². The van der Waals surface area contributed by atoms with Crippen LogP contribution in [0.5, 0.6) is 0 Å². The number of nitrogens with one attached hydrogen (secondary N) is 2. The highest BCUT2D eigenvalue weighted by atomic mass is 127. The third-order valence-electron chi connectivity index (χ3n) is 4.64. The molecule has 1 saturated heterocycles.